The average Bonchev–Trinajstić information content (AvgIpc) is 2.92. The molecule has 27 heavy (non-hydrogen) atoms. The van der Waals surface area contributed by atoms with Crippen molar-refractivity contribution in [2.24, 2.45) is 0 Å². The molecule has 1 aliphatic heterocycles. The zero-order valence-corrected chi connectivity index (χ0v) is 16.3. The van der Waals surface area contributed by atoms with Crippen LogP contribution in [-0.2, 0) is 11.3 Å². The van der Waals surface area contributed by atoms with E-state index in [0.29, 0.717) is 20.5 Å². The maximum absolute atomic E-state index is 12.8. The highest BCUT2D eigenvalue weighted by Crippen LogP contribution is 2.35. The van der Waals surface area contributed by atoms with Crippen LogP contribution < -0.4 is 0 Å². The van der Waals surface area contributed by atoms with E-state index in [1.54, 1.807) is 24.3 Å². The van der Waals surface area contributed by atoms with Crippen LogP contribution in [0.4, 0.5) is 4.79 Å². The number of amides is 2. The highest BCUT2D eigenvalue weighted by atomic mass is 35.5. The Bertz CT molecular complexity index is 1110. The third kappa shape index (κ3) is 3.61. The van der Waals surface area contributed by atoms with Crippen molar-refractivity contribution in [1.82, 2.24) is 4.90 Å². The van der Waals surface area contributed by atoms with E-state index in [9.17, 15) is 9.59 Å². The average molecular weight is 414 g/mol. The summed E-state index contributed by atoms with van der Waals surface area (Å²) in [5, 5.41) is 2.77. The highest BCUT2D eigenvalue weighted by Gasteiger charge is 2.35. The molecule has 0 unspecified atom stereocenters. The molecule has 0 spiro atoms. The quantitative estimate of drug-likeness (QED) is 0.467. The number of hydrogen-bond acceptors (Lipinski definition) is 3. The van der Waals surface area contributed by atoms with Crippen LogP contribution in [0.3, 0.4) is 0 Å². The molecular weight excluding hydrogens is 401 g/mol. The molecule has 0 bridgehead atoms. The number of carbonyl (C=O) groups excluding carboxylic acids is 2. The number of hydrogen-bond donors (Lipinski definition) is 0. The van der Waals surface area contributed by atoms with Crippen LogP contribution in [0.15, 0.2) is 65.6 Å². The monoisotopic (exact) mass is 413 g/mol. The number of thioether (sulfide) groups is 1. The van der Waals surface area contributed by atoms with Gasteiger partial charge in [0.1, 0.15) is 0 Å². The van der Waals surface area contributed by atoms with Gasteiger partial charge in [0, 0.05) is 10.0 Å². The lowest BCUT2D eigenvalue weighted by Crippen LogP contribution is -2.27. The molecule has 3 aromatic rings. The second-order valence-corrected chi connectivity index (χ2v) is 7.91. The number of imide groups is 1. The Kier molecular flexibility index (Phi) is 4.96. The number of carbonyl (C=O) groups is 2. The fourth-order valence-electron chi connectivity index (χ4n) is 3.00. The summed E-state index contributed by atoms with van der Waals surface area (Å²) >= 11 is 13.0. The maximum Gasteiger partial charge on any atom is 0.293 e. The summed E-state index contributed by atoms with van der Waals surface area (Å²) in [6.07, 6.45) is 1.63. The van der Waals surface area contributed by atoms with Crippen LogP contribution in [0.2, 0.25) is 10.0 Å². The van der Waals surface area contributed by atoms with E-state index in [-0.39, 0.29) is 17.7 Å². The minimum atomic E-state index is -0.316. The number of fused-ring (bicyclic) bond motifs is 1. The lowest BCUT2D eigenvalue weighted by Gasteiger charge is -2.14. The van der Waals surface area contributed by atoms with Gasteiger partial charge in [0.15, 0.2) is 0 Å². The highest BCUT2D eigenvalue weighted by molar-refractivity contribution is 8.18. The fraction of sp³-hybridized carbons (Fsp3) is 0.0476. The summed E-state index contributed by atoms with van der Waals surface area (Å²) in [5.74, 6) is -0.316. The molecule has 0 N–H and O–H groups in total. The molecule has 0 atom stereocenters. The Morgan fingerprint density at radius 2 is 1.74 bits per heavy atom. The van der Waals surface area contributed by atoms with Gasteiger partial charge in [-0.2, -0.15) is 0 Å². The smallest absolute Gasteiger partial charge is 0.268 e. The molecule has 6 heteroatoms. The molecule has 1 aliphatic rings. The van der Waals surface area contributed by atoms with Gasteiger partial charge in [-0.1, -0.05) is 71.7 Å². The van der Waals surface area contributed by atoms with Gasteiger partial charge in [0.25, 0.3) is 11.1 Å². The Labute approximate surface area is 170 Å². The lowest BCUT2D eigenvalue weighted by atomic mass is 10.0. The van der Waals surface area contributed by atoms with E-state index in [0.717, 1.165) is 28.1 Å². The van der Waals surface area contributed by atoms with E-state index < -0.39 is 0 Å². The minimum Gasteiger partial charge on any atom is -0.268 e. The maximum atomic E-state index is 12.8. The van der Waals surface area contributed by atoms with E-state index in [2.05, 4.69) is 0 Å². The molecular formula is C21H13Cl2NO2S. The molecule has 1 heterocycles. The Morgan fingerprint density at radius 1 is 0.963 bits per heavy atom. The topological polar surface area (TPSA) is 37.4 Å². The summed E-state index contributed by atoms with van der Waals surface area (Å²) in [6, 6.07) is 18.8. The van der Waals surface area contributed by atoms with Gasteiger partial charge < -0.3 is 0 Å². The van der Waals surface area contributed by atoms with Crippen molar-refractivity contribution in [2.45, 2.75) is 6.54 Å². The minimum absolute atomic E-state index is 0.234. The van der Waals surface area contributed by atoms with Crippen molar-refractivity contribution in [3.05, 3.63) is 86.7 Å². The van der Waals surface area contributed by atoms with Gasteiger partial charge in [0.05, 0.1) is 11.4 Å². The SMILES string of the molecule is O=C1S/C(=C/c2ccc(Cl)cc2Cl)C(=O)N1Cc1cccc2ccccc12. The molecule has 1 fully saturated rings. The van der Waals surface area contributed by atoms with E-state index in [4.69, 9.17) is 23.2 Å². The first kappa shape index (κ1) is 18.1. The number of benzene rings is 3. The Balaban J connectivity index is 1.64. The fourth-order valence-corrected chi connectivity index (χ4v) is 4.29. The Morgan fingerprint density at radius 3 is 2.56 bits per heavy atom. The molecule has 0 radical (unpaired) electrons. The normalized spacial score (nSPS) is 15.9. The van der Waals surface area contributed by atoms with Gasteiger partial charge in [-0.25, -0.2) is 0 Å². The molecule has 0 aliphatic carbocycles. The number of nitrogens with zero attached hydrogens (tertiary/aromatic N) is 1. The van der Waals surface area contributed by atoms with E-state index in [1.165, 1.54) is 4.90 Å². The van der Waals surface area contributed by atoms with E-state index in [1.807, 2.05) is 42.5 Å². The molecule has 1 saturated heterocycles. The summed E-state index contributed by atoms with van der Waals surface area (Å²) in [6.45, 7) is 0.234. The van der Waals surface area contributed by atoms with Crippen molar-refractivity contribution in [1.29, 1.82) is 0 Å². The van der Waals surface area contributed by atoms with Crippen LogP contribution in [-0.4, -0.2) is 16.0 Å². The predicted octanol–water partition coefficient (Wildman–Crippen LogP) is 6.38. The van der Waals surface area contributed by atoms with E-state index >= 15 is 0 Å². The Hall–Kier alpha value is -2.27. The molecule has 3 nitrogen and oxygen atoms in total. The van der Waals surface area contributed by atoms with Gasteiger partial charge in [-0.15, -0.1) is 0 Å². The predicted molar refractivity (Wildman–Crippen MR) is 112 cm³/mol. The molecule has 0 aromatic heterocycles. The summed E-state index contributed by atoms with van der Waals surface area (Å²) < 4.78 is 0. The second-order valence-electron chi connectivity index (χ2n) is 6.07. The zero-order chi connectivity index (χ0) is 19.0. The van der Waals surface area contributed by atoms with Crippen molar-refractivity contribution < 1.29 is 9.59 Å². The van der Waals surface area contributed by atoms with Crippen LogP contribution in [0.5, 0.6) is 0 Å². The summed E-state index contributed by atoms with van der Waals surface area (Å²) in [5.41, 5.74) is 1.58. The van der Waals surface area contributed by atoms with Crippen molar-refractivity contribution in [3.8, 4) is 0 Å². The molecule has 4 rings (SSSR count). The lowest BCUT2D eigenvalue weighted by molar-refractivity contribution is -0.123. The molecule has 2 amide bonds. The first-order chi connectivity index (χ1) is 13.0. The first-order valence-electron chi connectivity index (χ1n) is 8.20. The van der Waals surface area contributed by atoms with Gasteiger partial charge in [0.2, 0.25) is 0 Å². The standard InChI is InChI=1S/C21H13Cl2NO2S/c22-16-9-8-14(18(23)11-16)10-19-20(25)24(21(26)27-19)12-15-6-3-5-13-4-1-2-7-17(13)15/h1-11H,12H2/b19-10+. The molecule has 3 aromatic carbocycles. The molecule has 134 valence electrons. The second kappa shape index (κ2) is 7.39. The van der Waals surface area contributed by atoms with Crippen molar-refractivity contribution in [2.75, 3.05) is 0 Å². The third-order valence-corrected chi connectivity index (χ3v) is 5.80. The first-order valence-corrected chi connectivity index (χ1v) is 9.77. The van der Waals surface area contributed by atoms with Gasteiger partial charge >= 0.3 is 0 Å². The largest absolute Gasteiger partial charge is 0.293 e. The summed E-state index contributed by atoms with van der Waals surface area (Å²) in [7, 11) is 0. The van der Waals surface area contributed by atoms with Crippen LogP contribution >= 0.6 is 35.0 Å². The van der Waals surface area contributed by atoms with Crippen molar-refractivity contribution >= 4 is 63.0 Å². The van der Waals surface area contributed by atoms with Crippen molar-refractivity contribution in [3.63, 3.8) is 0 Å². The van der Waals surface area contributed by atoms with Gasteiger partial charge in [-0.3, -0.25) is 14.5 Å². The van der Waals surface area contributed by atoms with Crippen LogP contribution in [0, 0.1) is 0 Å². The number of halogens is 2. The van der Waals surface area contributed by atoms with Crippen LogP contribution in [0.25, 0.3) is 16.8 Å². The van der Waals surface area contributed by atoms with Gasteiger partial charge in [-0.05, 0) is 51.9 Å². The number of rotatable bonds is 3. The van der Waals surface area contributed by atoms with Crippen LogP contribution in [0.1, 0.15) is 11.1 Å². The third-order valence-electron chi connectivity index (χ3n) is 4.33. The summed E-state index contributed by atoms with van der Waals surface area (Å²) in [4.78, 5) is 26.8. The zero-order valence-electron chi connectivity index (χ0n) is 14.0. The molecule has 0 saturated carbocycles.